The van der Waals surface area contributed by atoms with Gasteiger partial charge in [0.15, 0.2) is 0 Å². The van der Waals surface area contributed by atoms with Gasteiger partial charge < -0.3 is 26.5 Å². The molecule has 1 aromatic rings. The number of carboxylic acid groups (broad SMARTS) is 1. The summed E-state index contributed by atoms with van der Waals surface area (Å²) >= 11 is 0. The van der Waals surface area contributed by atoms with Crippen molar-refractivity contribution < 1.29 is 23.1 Å². The van der Waals surface area contributed by atoms with Crippen LogP contribution in [0, 0.1) is 11.8 Å². The van der Waals surface area contributed by atoms with Crippen molar-refractivity contribution in [1.82, 2.24) is 14.9 Å². The summed E-state index contributed by atoms with van der Waals surface area (Å²) in [7, 11) is -4.07. The topological polar surface area (TPSA) is 166 Å². The van der Waals surface area contributed by atoms with Crippen molar-refractivity contribution in [3.05, 3.63) is 23.8 Å². The van der Waals surface area contributed by atoms with Gasteiger partial charge in [0, 0.05) is 19.6 Å². The Bertz CT molecular complexity index is 1050. The highest BCUT2D eigenvalue weighted by Crippen LogP contribution is 2.31. The fraction of sp³-hybridized carbons (Fsp3) is 0.609. The van der Waals surface area contributed by atoms with Crippen LogP contribution in [0.2, 0.25) is 0 Å². The first-order valence-corrected chi connectivity index (χ1v) is 13.5. The molecular formula is C23H36N6O5S. The minimum atomic E-state index is -4.07. The number of carbonyl (C=O) groups is 2. The first-order valence-electron chi connectivity index (χ1n) is 12.0. The molecule has 35 heavy (non-hydrogen) atoms. The Labute approximate surface area is 206 Å². The lowest BCUT2D eigenvalue weighted by Gasteiger charge is -2.38. The van der Waals surface area contributed by atoms with Crippen molar-refractivity contribution in [2.24, 2.45) is 22.8 Å². The average molecular weight is 509 g/mol. The fourth-order valence-corrected chi connectivity index (χ4v) is 6.19. The lowest BCUT2D eigenvalue weighted by atomic mass is 9.91. The van der Waals surface area contributed by atoms with Gasteiger partial charge in [-0.2, -0.15) is 9.82 Å². The van der Waals surface area contributed by atoms with Crippen LogP contribution in [0.4, 0.5) is 5.69 Å². The summed E-state index contributed by atoms with van der Waals surface area (Å²) in [6.45, 7) is 5.39. The molecule has 2 aliphatic rings. The molecule has 0 aromatic heterocycles. The van der Waals surface area contributed by atoms with Crippen LogP contribution in [0.5, 0.6) is 0 Å². The van der Waals surface area contributed by atoms with Gasteiger partial charge in [-0.15, -0.1) is 0 Å². The normalized spacial score (nSPS) is 23.4. The minimum absolute atomic E-state index is 0.0927. The quantitative estimate of drug-likeness (QED) is 0.102. The van der Waals surface area contributed by atoms with Crippen molar-refractivity contribution >= 4 is 33.9 Å². The number of sulfonamides is 1. The van der Waals surface area contributed by atoms with E-state index in [1.165, 1.54) is 17.3 Å². The predicted octanol–water partition coefficient (Wildman–Crippen LogP) is 0.921. The number of nitrogens with two attached hydrogens (primary N) is 1. The number of para-hydroxylation sites is 1. The molecule has 2 heterocycles. The summed E-state index contributed by atoms with van der Waals surface area (Å²) in [5.41, 5.74) is 1.47. The van der Waals surface area contributed by atoms with E-state index in [1.807, 2.05) is 13.0 Å². The van der Waals surface area contributed by atoms with Crippen LogP contribution in [0.25, 0.3) is 0 Å². The summed E-state index contributed by atoms with van der Waals surface area (Å²) in [5, 5.41) is 19.1. The molecule has 2 aliphatic heterocycles. The van der Waals surface area contributed by atoms with Gasteiger partial charge in [-0.3, -0.25) is 4.79 Å². The van der Waals surface area contributed by atoms with E-state index in [0.717, 1.165) is 12.0 Å². The molecule has 0 radical (unpaired) electrons. The van der Waals surface area contributed by atoms with Gasteiger partial charge in [-0.05, 0) is 55.6 Å². The number of fused-ring (bicyclic) bond motifs is 1. The smallest absolute Gasteiger partial charge is 0.326 e. The summed E-state index contributed by atoms with van der Waals surface area (Å²) in [4.78, 5) is 26.8. The summed E-state index contributed by atoms with van der Waals surface area (Å²) in [6, 6.07) is 3.04. The van der Waals surface area contributed by atoms with E-state index in [9.17, 15) is 23.1 Å². The predicted molar refractivity (Wildman–Crippen MR) is 133 cm³/mol. The number of nitrogens with one attached hydrogen (secondary N) is 3. The maximum absolute atomic E-state index is 13.5. The van der Waals surface area contributed by atoms with Gasteiger partial charge in [0.2, 0.25) is 15.9 Å². The summed E-state index contributed by atoms with van der Waals surface area (Å²) < 4.78 is 29.6. The Kier molecular flexibility index (Phi) is 8.95. The maximum atomic E-state index is 13.5. The largest absolute Gasteiger partial charge is 0.480 e. The fourth-order valence-electron chi connectivity index (χ4n) is 4.74. The van der Waals surface area contributed by atoms with Crippen LogP contribution in [0.15, 0.2) is 28.2 Å². The molecule has 4 atom stereocenters. The van der Waals surface area contributed by atoms with E-state index >= 15 is 0 Å². The highest BCUT2D eigenvalue weighted by Gasteiger charge is 2.39. The molecule has 3 rings (SSSR count). The standard InChI is InChI=1S/C23H36N6O5S/c1-15-8-10-29(19(12-15)23(31)32)22(30)18(6-4-9-25-14-27-24)28-35(33,34)20-7-3-5-17-11-16(2)13-26-21(17)20/h3,5,7,14-16,18-19,26,28H,4,6,8-13,24H2,1-2H3,(H,25,27)(H,31,32)/t15-,16?,18?,19-/m1/s1. The van der Waals surface area contributed by atoms with Gasteiger partial charge in [-0.25, -0.2) is 13.2 Å². The Morgan fingerprint density at radius 1 is 1.34 bits per heavy atom. The number of amides is 1. The zero-order valence-corrected chi connectivity index (χ0v) is 21.1. The Balaban J connectivity index is 1.86. The third kappa shape index (κ3) is 6.63. The number of anilines is 1. The number of likely N-dealkylation sites (tertiary alicyclic amines) is 1. The first kappa shape index (κ1) is 26.7. The van der Waals surface area contributed by atoms with Gasteiger partial charge >= 0.3 is 5.97 Å². The van der Waals surface area contributed by atoms with Gasteiger partial charge in [0.25, 0.3) is 0 Å². The average Bonchev–Trinajstić information content (AvgIpc) is 2.82. The first-order chi connectivity index (χ1) is 16.6. The van der Waals surface area contributed by atoms with Crippen molar-refractivity contribution in [3.63, 3.8) is 0 Å². The molecule has 11 nitrogen and oxygen atoms in total. The second-order valence-corrected chi connectivity index (χ2v) is 11.2. The molecule has 1 saturated heterocycles. The number of hydrogen-bond acceptors (Lipinski definition) is 7. The molecule has 0 spiro atoms. The van der Waals surface area contributed by atoms with Crippen LogP contribution in [0.1, 0.15) is 45.1 Å². The molecule has 1 fully saturated rings. The number of piperidine rings is 1. The van der Waals surface area contributed by atoms with Crippen LogP contribution >= 0.6 is 0 Å². The van der Waals surface area contributed by atoms with Crippen LogP contribution in [0.3, 0.4) is 0 Å². The third-order valence-corrected chi connectivity index (χ3v) is 8.12. The van der Waals surface area contributed by atoms with Crippen molar-refractivity contribution in [2.75, 3.05) is 25.0 Å². The lowest BCUT2D eigenvalue weighted by molar-refractivity contribution is -0.153. The van der Waals surface area contributed by atoms with Gasteiger partial charge in [-0.1, -0.05) is 26.0 Å². The maximum Gasteiger partial charge on any atom is 0.326 e. The van der Waals surface area contributed by atoms with Crippen LogP contribution in [-0.4, -0.2) is 68.4 Å². The number of hydrogen-bond donors (Lipinski definition) is 5. The molecule has 6 N–H and O–H groups in total. The van der Waals surface area contributed by atoms with E-state index in [4.69, 9.17) is 5.84 Å². The van der Waals surface area contributed by atoms with E-state index in [-0.39, 0.29) is 23.8 Å². The SMILES string of the molecule is CC1CNc2c(cccc2S(=O)(=O)NC(CCCNC=NN)C(=O)N2CC[C@@H](C)C[C@@H]2C(=O)O)C1. The van der Waals surface area contributed by atoms with Crippen molar-refractivity contribution in [2.45, 2.75) is 62.9 Å². The molecule has 0 bridgehead atoms. The summed E-state index contributed by atoms with van der Waals surface area (Å²) in [6.07, 6.45) is 3.70. The van der Waals surface area contributed by atoms with E-state index in [1.54, 1.807) is 6.07 Å². The second kappa shape index (κ2) is 11.7. The van der Waals surface area contributed by atoms with E-state index in [0.29, 0.717) is 44.0 Å². The van der Waals surface area contributed by atoms with Crippen LogP contribution in [-0.2, 0) is 26.0 Å². The molecule has 0 saturated carbocycles. The Morgan fingerprint density at radius 2 is 2.11 bits per heavy atom. The van der Waals surface area contributed by atoms with Crippen LogP contribution < -0.4 is 21.2 Å². The number of carbonyl (C=O) groups excluding carboxylic acids is 1. The lowest BCUT2D eigenvalue weighted by Crippen LogP contribution is -2.56. The number of nitrogens with zero attached hydrogens (tertiary/aromatic N) is 2. The number of hydrazone groups is 1. The highest BCUT2D eigenvalue weighted by molar-refractivity contribution is 7.89. The number of rotatable bonds is 10. The van der Waals surface area contributed by atoms with Crippen molar-refractivity contribution in [3.8, 4) is 0 Å². The molecule has 0 aliphatic carbocycles. The van der Waals surface area contributed by atoms with Gasteiger partial charge in [0.05, 0.1) is 5.69 Å². The molecule has 1 amide bonds. The van der Waals surface area contributed by atoms with Gasteiger partial charge in [0.1, 0.15) is 23.3 Å². The zero-order chi connectivity index (χ0) is 25.6. The molecule has 194 valence electrons. The molecule has 2 unspecified atom stereocenters. The zero-order valence-electron chi connectivity index (χ0n) is 20.2. The van der Waals surface area contributed by atoms with E-state index < -0.39 is 34.0 Å². The highest BCUT2D eigenvalue weighted by atomic mass is 32.2. The Hall–Kier alpha value is -2.86. The molecule has 12 heteroatoms. The summed E-state index contributed by atoms with van der Waals surface area (Å²) in [5.74, 6) is 4.02. The number of aliphatic carboxylic acids is 1. The third-order valence-electron chi connectivity index (χ3n) is 6.61. The Morgan fingerprint density at radius 3 is 2.83 bits per heavy atom. The van der Waals surface area contributed by atoms with E-state index in [2.05, 4.69) is 27.4 Å². The molecular weight excluding hydrogens is 472 g/mol. The number of benzene rings is 1. The molecule has 1 aromatic carbocycles. The monoisotopic (exact) mass is 508 g/mol. The second-order valence-electron chi connectivity index (χ2n) is 9.54. The van der Waals surface area contributed by atoms with Crippen molar-refractivity contribution in [1.29, 1.82) is 0 Å². The number of carboxylic acids is 1. The minimum Gasteiger partial charge on any atom is -0.480 e.